The minimum atomic E-state index is 0.0363. The Bertz CT molecular complexity index is 1200. The van der Waals surface area contributed by atoms with Crippen LogP contribution in [0, 0.1) is 35.5 Å². The molecule has 5 rings (SSSR count). The van der Waals surface area contributed by atoms with E-state index < -0.39 is 0 Å². The van der Waals surface area contributed by atoms with Gasteiger partial charge in [0.05, 0.1) is 12.8 Å². The van der Waals surface area contributed by atoms with Gasteiger partial charge in [-0.05, 0) is 81.3 Å². The van der Waals surface area contributed by atoms with Gasteiger partial charge in [-0.25, -0.2) is 9.97 Å². The Kier molecular flexibility index (Phi) is 8.03. The van der Waals surface area contributed by atoms with E-state index in [-0.39, 0.29) is 11.8 Å². The first-order valence-corrected chi connectivity index (χ1v) is 13.8. The average molecular weight is 500 g/mol. The van der Waals surface area contributed by atoms with E-state index in [1.54, 1.807) is 7.11 Å². The second kappa shape index (κ2) is 11.8. The van der Waals surface area contributed by atoms with Crippen LogP contribution in [0.4, 0.5) is 17.2 Å². The van der Waals surface area contributed by atoms with Crippen molar-refractivity contribution < 1.29 is 9.53 Å². The topological polar surface area (TPSA) is 102 Å². The van der Waals surface area contributed by atoms with Crippen LogP contribution in [0.1, 0.15) is 75.7 Å². The van der Waals surface area contributed by atoms with Gasteiger partial charge in [-0.15, -0.1) is 0 Å². The summed E-state index contributed by atoms with van der Waals surface area (Å²) >= 11 is 0. The Hall–Kier alpha value is -3.40. The van der Waals surface area contributed by atoms with Crippen LogP contribution in [0.3, 0.4) is 0 Å². The molecule has 0 saturated heterocycles. The highest BCUT2D eigenvalue weighted by molar-refractivity contribution is 5.92. The van der Waals surface area contributed by atoms with Gasteiger partial charge in [0.25, 0.3) is 0 Å². The molecule has 1 atom stereocenters. The van der Waals surface area contributed by atoms with Gasteiger partial charge in [-0.2, -0.15) is 0 Å². The largest absolute Gasteiger partial charge is 0.497 e. The summed E-state index contributed by atoms with van der Waals surface area (Å²) in [7, 11) is 1.63. The van der Waals surface area contributed by atoms with Crippen LogP contribution >= 0.6 is 0 Å². The van der Waals surface area contributed by atoms with Crippen molar-refractivity contribution in [2.45, 2.75) is 70.6 Å². The quantitative estimate of drug-likeness (QED) is 0.525. The number of nitrogens with two attached hydrogens (primary N) is 1. The van der Waals surface area contributed by atoms with Crippen LogP contribution in [-0.2, 0) is 11.2 Å². The number of fused-ring (bicyclic) bond motifs is 1. The normalized spacial score (nSPS) is 23.8. The minimum absolute atomic E-state index is 0.0363. The molecule has 1 aliphatic heterocycles. The molecule has 1 aromatic carbocycles. The van der Waals surface area contributed by atoms with Crippen LogP contribution in [0.2, 0.25) is 0 Å². The molecule has 2 saturated carbocycles. The van der Waals surface area contributed by atoms with E-state index in [0.717, 1.165) is 55.7 Å². The van der Waals surface area contributed by atoms with Crippen molar-refractivity contribution in [2.75, 3.05) is 18.2 Å². The molecular formula is C30H37N5O2. The SMILES string of the molecule is COc1cccc(NC(=O)[C@H]2CC[C@@H](C3C=Nc4c(N)nc(C#CC5CCCCC5)nc4CC3)CC2)c1. The molecule has 1 aromatic heterocycles. The maximum atomic E-state index is 12.9. The zero-order chi connectivity index (χ0) is 25.6. The summed E-state index contributed by atoms with van der Waals surface area (Å²) in [4.78, 5) is 26.8. The Balaban J connectivity index is 1.17. The molecule has 37 heavy (non-hydrogen) atoms. The summed E-state index contributed by atoms with van der Waals surface area (Å²) in [5, 5.41) is 3.06. The number of nitrogen functional groups attached to an aromatic ring is 1. The van der Waals surface area contributed by atoms with Gasteiger partial charge >= 0.3 is 0 Å². The molecule has 7 heteroatoms. The van der Waals surface area contributed by atoms with E-state index in [4.69, 9.17) is 20.4 Å². The Labute approximate surface area is 219 Å². The van der Waals surface area contributed by atoms with E-state index in [1.807, 2.05) is 24.3 Å². The van der Waals surface area contributed by atoms with Crippen molar-refractivity contribution in [2.24, 2.45) is 28.7 Å². The van der Waals surface area contributed by atoms with Crippen LogP contribution in [0.25, 0.3) is 0 Å². The number of hydrogen-bond donors (Lipinski definition) is 2. The second-order valence-electron chi connectivity index (χ2n) is 10.6. The van der Waals surface area contributed by atoms with E-state index >= 15 is 0 Å². The summed E-state index contributed by atoms with van der Waals surface area (Å²) in [6.45, 7) is 0. The number of ether oxygens (including phenoxy) is 1. The summed E-state index contributed by atoms with van der Waals surface area (Å²) in [5.74, 6) is 9.70. The fraction of sp³-hybridized carbons (Fsp3) is 0.533. The molecule has 0 radical (unpaired) electrons. The first kappa shape index (κ1) is 25.3. The number of nitrogens with one attached hydrogen (secondary N) is 1. The molecule has 2 aromatic rings. The first-order valence-electron chi connectivity index (χ1n) is 13.8. The van der Waals surface area contributed by atoms with Crippen molar-refractivity contribution in [3.63, 3.8) is 0 Å². The molecule has 2 aliphatic carbocycles. The van der Waals surface area contributed by atoms with Crippen LogP contribution < -0.4 is 15.8 Å². The minimum Gasteiger partial charge on any atom is -0.497 e. The predicted octanol–water partition coefficient (Wildman–Crippen LogP) is 5.71. The van der Waals surface area contributed by atoms with Crippen LogP contribution in [-0.4, -0.2) is 29.2 Å². The predicted molar refractivity (Wildman–Crippen MR) is 147 cm³/mol. The molecule has 0 bridgehead atoms. The molecular weight excluding hydrogens is 462 g/mol. The monoisotopic (exact) mass is 499 g/mol. The number of aromatic nitrogens is 2. The number of aliphatic imine (C=N–C) groups is 1. The molecule has 3 aliphatic rings. The lowest BCUT2D eigenvalue weighted by Gasteiger charge is -2.31. The van der Waals surface area contributed by atoms with Crippen LogP contribution in [0.15, 0.2) is 29.3 Å². The van der Waals surface area contributed by atoms with E-state index in [9.17, 15) is 4.79 Å². The number of benzene rings is 1. The Morgan fingerprint density at radius 3 is 2.65 bits per heavy atom. The summed E-state index contributed by atoms with van der Waals surface area (Å²) in [6.07, 6.45) is 13.8. The zero-order valence-electron chi connectivity index (χ0n) is 21.7. The molecule has 1 unspecified atom stereocenters. The average Bonchev–Trinajstić information content (AvgIpc) is 3.16. The van der Waals surface area contributed by atoms with Gasteiger partial charge in [-0.3, -0.25) is 9.79 Å². The summed E-state index contributed by atoms with van der Waals surface area (Å²) < 4.78 is 5.26. The van der Waals surface area contributed by atoms with Crippen molar-refractivity contribution in [3.05, 3.63) is 35.8 Å². The Morgan fingerprint density at radius 1 is 1.05 bits per heavy atom. The highest BCUT2D eigenvalue weighted by Gasteiger charge is 2.31. The van der Waals surface area contributed by atoms with Crippen molar-refractivity contribution in [1.82, 2.24) is 9.97 Å². The van der Waals surface area contributed by atoms with E-state index in [0.29, 0.717) is 35.1 Å². The number of nitrogens with zero attached hydrogens (tertiary/aromatic N) is 3. The number of methoxy groups -OCH3 is 1. The lowest BCUT2D eigenvalue weighted by atomic mass is 9.74. The maximum absolute atomic E-state index is 12.9. The van der Waals surface area contributed by atoms with Gasteiger partial charge in [-0.1, -0.05) is 31.2 Å². The smallest absolute Gasteiger partial charge is 0.227 e. The number of carbonyl (C=O) groups is 1. The van der Waals surface area contributed by atoms with Gasteiger partial charge in [0, 0.05) is 29.8 Å². The first-order chi connectivity index (χ1) is 18.1. The summed E-state index contributed by atoms with van der Waals surface area (Å²) in [5.41, 5.74) is 8.69. The number of carbonyl (C=O) groups excluding carboxylic acids is 1. The fourth-order valence-electron chi connectivity index (χ4n) is 5.97. The molecule has 0 spiro atoms. The molecule has 2 heterocycles. The third-order valence-corrected chi connectivity index (χ3v) is 8.17. The lowest BCUT2D eigenvalue weighted by molar-refractivity contribution is -0.121. The van der Waals surface area contributed by atoms with Crippen molar-refractivity contribution in [3.8, 4) is 17.6 Å². The fourth-order valence-corrected chi connectivity index (χ4v) is 5.97. The lowest BCUT2D eigenvalue weighted by Crippen LogP contribution is -2.30. The van der Waals surface area contributed by atoms with E-state index in [2.05, 4.69) is 28.4 Å². The van der Waals surface area contributed by atoms with Gasteiger partial charge in [0.15, 0.2) is 5.82 Å². The summed E-state index contributed by atoms with van der Waals surface area (Å²) in [6, 6.07) is 7.51. The van der Waals surface area contributed by atoms with Gasteiger partial charge in [0.2, 0.25) is 11.7 Å². The Morgan fingerprint density at radius 2 is 1.86 bits per heavy atom. The molecule has 1 amide bonds. The molecule has 2 fully saturated rings. The maximum Gasteiger partial charge on any atom is 0.227 e. The zero-order valence-corrected chi connectivity index (χ0v) is 21.7. The standard InChI is InChI=1S/C30H37N5O2/c1-37-25-9-5-8-24(18-25)33-30(36)22-13-11-21(12-14-22)23-15-16-26-28(32-19-23)29(31)35-27(34-26)17-10-20-6-3-2-4-7-20/h5,8-9,18-23H,2-4,6-7,11-16H2,1H3,(H,33,36)(H2,31,34,35)/t21-,22+,23?. The highest BCUT2D eigenvalue weighted by atomic mass is 16.5. The van der Waals surface area contributed by atoms with Gasteiger partial charge < -0.3 is 15.8 Å². The molecule has 3 N–H and O–H groups in total. The number of amides is 1. The van der Waals surface area contributed by atoms with Crippen molar-refractivity contribution >= 4 is 29.3 Å². The van der Waals surface area contributed by atoms with Crippen LogP contribution in [0.5, 0.6) is 5.75 Å². The number of anilines is 2. The number of aryl methyl sites for hydroxylation is 1. The second-order valence-corrected chi connectivity index (χ2v) is 10.6. The van der Waals surface area contributed by atoms with E-state index in [1.165, 1.54) is 32.1 Å². The van der Waals surface area contributed by atoms with Gasteiger partial charge in [0.1, 0.15) is 11.4 Å². The number of hydrogen-bond acceptors (Lipinski definition) is 6. The molecule has 194 valence electrons. The highest BCUT2D eigenvalue weighted by Crippen LogP contribution is 2.38. The van der Waals surface area contributed by atoms with Crippen molar-refractivity contribution in [1.29, 1.82) is 0 Å². The molecule has 7 nitrogen and oxygen atoms in total. The third-order valence-electron chi connectivity index (χ3n) is 8.17. The third kappa shape index (κ3) is 6.30. The number of rotatable bonds is 4.